The Morgan fingerprint density at radius 3 is 2.12 bits per heavy atom. The number of carbonyl (C=O) groups is 2. The van der Waals surface area contributed by atoms with Gasteiger partial charge in [0.1, 0.15) is 5.82 Å². The standard InChI is InChI=1S/C27H36FN3O3/c1-16(2)14-31(15-17(3)4)22-12-11-18(23-24(25(32)33)27(23,5)6)13-21(22)30-26(34)29-20-10-8-7-9-19(20)28/h7-13,16-17,23-24H,14-15H2,1-6H3,(H,32,33)(H2,29,30,34)/t23-,24+/m1/s1. The van der Waals surface area contributed by atoms with Crippen LogP contribution in [0.25, 0.3) is 0 Å². The van der Waals surface area contributed by atoms with Crippen LogP contribution in [0, 0.1) is 29.0 Å². The molecule has 2 aromatic rings. The summed E-state index contributed by atoms with van der Waals surface area (Å²) in [6.45, 7) is 14.1. The molecule has 3 N–H and O–H groups in total. The molecule has 0 aliphatic heterocycles. The van der Waals surface area contributed by atoms with E-state index in [9.17, 15) is 19.1 Å². The molecule has 0 bridgehead atoms. The van der Waals surface area contributed by atoms with E-state index in [2.05, 4.69) is 43.2 Å². The Bertz CT molecular complexity index is 1040. The summed E-state index contributed by atoms with van der Waals surface area (Å²) in [5.74, 6) is -1.14. The molecular formula is C27H36FN3O3. The highest BCUT2D eigenvalue weighted by molar-refractivity contribution is 6.02. The zero-order valence-corrected chi connectivity index (χ0v) is 20.9. The Balaban J connectivity index is 1.97. The van der Waals surface area contributed by atoms with Crippen LogP contribution in [0.4, 0.5) is 26.2 Å². The maximum atomic E-state index is 14.1. The highest BCUT2D eigenvalue weighted by atomic mass is 19.1. The van der Waals surface area contributed by atoms with Crippen molar-refractivity contribution in [1.82, 2.24) is 0 Å². The lowest BCUT2D eigenvalue weighted by Crippen LogP contribution is -2.32. The lowest BCUT2D eigenvalue weighted by Gasteiger charge is -2.31. The van der Waals surface area contributed by atoms with Gasteiger partial charge >= 0.3 is 12.0 Å². The molecule has 0 aromatic heterocycles. The molecule has 0 spiro atoms. The van der Waals surface area contributed by atoms with Crippen molar-refractivity contribution in [3.05, 3.63) is 53.8 Å². The van der Waals surface area contributed by atoms with Gasteiger partial charge in [0.15, 0.2) is 0 Å². The molecule has 0 saturated heterocycles. The van der Waals surface area contributed by atoms with Gasteiger partial charge in [-0.3, -0.25) is 4.79 Å². The van der Waals surface area contributed by atoms with Crippen molar-refractivity contribution in [1.29, 1.82) is 0 Å². The number of aliphatic carboxylic acids is 1. The lowest BCUT2D eigenvalue weighted by molar-refractivity contribution is -0.139. The van der Waals surface area contributed by atoms with Crippen molar-refractivity contribution in [2.45, 2.75) is 47.5 Å². The van der Waals surface area contributed by atoms with E-state index in [1.54, 1.807) is 12.1 Å². The Labute approximate surface area is 201 Å². The summed E-state index contributed by atoms with van der Waals surface area (Å²) in [5.41, 5.74) is 2.04. The lowest BCUT2D eigenvalue weighted by atomic mass is 10.0. The number of carboxylic acids is 1. The summed E-state index contributed by atoms with van der Waals surface area (Å²) >= 11 is 0. The van der Waals surface area contributed by atoms with Gasteiger partial charge in [0, 0.05) is 19.0 Å². The second-order valence-electron chi connectivity index (χ2n) is 10.6. The summed E-state index contributed by atoms with van der Waals surface area (Å²) in [6.07, 6.45) is 0. The molecule has 184 valence electrons. The number of anilines is 3. The summed E-state index contributed by atoms with van der Waals surface area (Å²) in [4.78, 5) is 26.8. The predicted molar refractivity (Wildman–Crippen MR) is 135 cm³/mol. The molecule has 2 atom stereocenters. The minimum absolute atomic E-state index is 0.0909. The minimum atomic E-state index is -0.813. The van der Waals surface area contributed by atoms with E-state index in [4.69, 9.17) is 0 Å². The van der Waals surface area contributed by atoms with Gasteiger partial charge in [-0.15, -0.1) is 0 Å². The van der Waals surface area contributed by atoms with Crippen molar-refractivity contribution < 1.29 is 19.1 Å². The molecule has 2 aromatic carbocycles. The average Bonchev–Trinajstić information content (AvgIpc) is 3.31. The molecule has 0 heterocycles. The van der Waals surface area contributed by atoms with Crippen molar-refractivity contribution in [3.8, 4) is 0 Å². The van der Waals surface area contributed by atoms with Crippen LogP contribution in [-0.2, 0) is 4.79 Å². The number of hydrogen-bond acceptors (Lipinski definition) is 3. The zero-order chi connectivity index (χ0) is 25.2. The summed E-state index contributed by atoms with van der Waals surface area (Å²) in [5, 5.41) is 15.1. The van der Waals surface area contributed by atoms with Crippen LogP contribution in [0.3, 0.4) is 0 Å². The number of hydrogen-bond donors (Lipinski definition) is 3. The van der Waals surface area contributed by atoms with Crippen LogP contribution in [-0.4, -0.2) is 30.2 Å². The highest BCUT2D eigenvalue weighted by Gasteiger charge is 2.62. The van der Waals surface area contributed by atoms with Crippen molar-refractivity contribution in [3.63, 3.8) is 0 Å². The number of amides is 2. The first-order valence-electron chi connectivity index (χ1n) is 11.9. The summed E-state index contributed by atoms with van der Waals surface area (Å²) in [6, 6.07) is 11.3. The number of benzene rings is 2. The second kappa shape index (κ2) is 10.0. The Morgan fingerprint density at radius 2 is 1.59 bits per heavy atom. The summed E-state index contributed by atoms with van der Waals surface area (Å²) in [7, 11) is 0. The molecule has 1 aliphatic rings. The minimum Gasteiger partial charge on any atom is -0.481 e. The van der Waals surface area contributed by atoms with E-state index in [-0.39, 0.29) is 17.0 Å². The van der Waals surface area contributed by atoms with E-state index < -0.39 is 23.7 Å². The molecule has 1 saturated carbocycles. The molecule has 1 fully saturated rings. The van der Waals surface area contributed by atoms with Crippen LogP contribution in [0.1, 0.15) is 53.0 Å². The van der Waals surface area contributed by atoms with Gasteiger partial charge in [-0.25, -0.2) is 9.18 Å². The SMILES string of the molecule is CC(C)CN(CC(C)C)c1ccc([C@@H]2[C@@H](C(=O)O)C2(C)C)cc1NC(=O)Nc1ccccc1F. The fourth-order valence-electron chi connectivity index (χ4n) is 4.83. The smallest absolute Gasteiger partial charge is 0.323 e. The second-order valence-corrected chi connectivity index (χ2v) is 10.6. The largest absolute Gasteiger partial charge is 0.481 e. The van der Waals surface area contributed by atoms with E-state index in [0.29, 0.717) is 17.5 Å². The van der Waals surface area contributed by atoms with Crippen molar-refractivity contribution >= 4 is 29.1 Å². The number of rotatable bonds is 9. The molecule has 7 heteroatoms. The van der Waals surface area contributed by atoms with Gasteiger partial charge in [-0.05, 0) is 47.1 Å². The first-order chi connectivity index (χ1) is 15.9. The number of carbonyl (C=O) groups excluding carboxylic acids is 1. The van der Waals surface area contributed by atoms with Crippen LogP contribution in [0.5, 0.6) is 0 Å². The van der Waals surface area contributed by atoms with E-state index in [1.165, 1.54) is 12.1 Å². The molecular weight excluding hydrogens is 433 g/mol. The van der Waals surface area contributed by atoms with E-state index >= 15 is 0 Å². The predicted octanol–water partition coefficient (Wildman–Crippen LogP) is 6.41. The molecule has 0 radical (unpaired) electrons. The number of carboxylic acid groups (broad SMARTS) is 1. The quantitative estimate of drug-likeness (QED) is 0.396. The van der Waals surface area contributed by atoms with Crippen LogP contribution < -0.4 is 15.5 Å². The topological polar surface area (TPSA) is 81.7 Å². The molecule has 3 rings (SSSR count). The third-order valence-electron chi connectivity index (χ3n) is 6.36. The first kappa shape index (κ1) is 25.5. The van der Waals surface area contributed by atoms with Gasteiger partial charge in [0.25, 0.3) is 0 Å². The molecule has 6 nitrogen and oxygen atoms in total. The Hall–Kier alpha value is -3.09. The number of halogens is 1. The van der Waals surface area contributed by atoms with E-state index in [0.717, 1.165) is 24.3 Å². The van der Waals surface area contributed by atoms with Gasteiger partial charge in [-0.1, -0.05) is 59.7 Å². The summed E-state index contributed by atoms with van der Waals surface area (Å²) < 4.78 is 14.1. The van der Waals surface area contributed by atoms with Crippen molar-refractivity contribution in [2.24, 2.45) is 23.2 Å². The third kappa shape index (κ3) is 5.69. The highest BCUT2D eigenvalue weighted by Crippen LogP contribution is 2.64. The number of para-hydroxylation sites is 1. The van der Waals surface area contributed by atoms with Gasteiger partial charge < -0.3 is 20.6 Å². The first-order valence-corrected chi connectivity index (χ1v) is 11.9. The molecule has 1 aliphatic carbocycles. The fourth-order valence-corrected chi connectivity index (χ4v) is 4.83. The van der Waals surface area contributed by atoms with Gasteiger partial charge in [0.05, 0.1) is 23.0 Å². The molecule has 34 heavy (non-hydrogen) atoms. The van der Waals surface area contributed by atoms with E-state index in [1.807, 2.05) is 32.0 Å². The van der Waals surface area contributed by atoms with Crippen LogP contribution >= 0.6 is 0 Å². The maximum absolute atomic E-state index is 14.1. The van der Waals surface area contributed by atoms with Gasteiger partial charge in [0.2, 0.25) is 0 Å². The van der Waals surface area contributed by atoms with Crippen molar-refractivity contribution in [2.75, 3.05) is 28.6 Å². The number of nitrogens with one attached hydrogen (secondary N) is 2. The zero-order valence-electron chi connectivity index (χ0n) is 20.9. The van der Waals surface area contributed by atoms with Crippen LogP contribution in [0.15, 0.2) is 42.5 Å². The maximum Gasteiger partial charge on any atom is 0.323 e. The number of nitrogens with zero attached hydrogens (tertiary/aromatic N) is 1. The Kier molecular flexibility index (Phi) is 7.54. The number of urea groups is 1. The monoisotopic (exact) mass is 469 g/mol. The Morgan fingerprint density at radius 1 is 1.00 bits per heavy atom. The molecule has 2 amide bonds. The molecule has 0 unspecified atom stereocenters. The average molecular weight is 470 g/mol. The fraction of sp³-hybridized carbons (Fsp3) is 0.481. The third-order valence-corrected chi connectivity index (χ3v) is 6.36. The van der Waals surface area contributed by atoms with Crippen LogP contribution in [0.2, 0.25) is 0 Å². The van der Waals surface area contributed by atoms with Gasteiger partial charge in [-0.2, -0.15) is 0 Å². The normalized spacial score (nSPS) is 18.6.